The molecule has 0 fully saturated rings. The minimum atomic E-state index is -1.64. The van der Waals surface area contributed by atoms with E-state index in [1.807, 2.05) is 24.4 Å². The van der Waals surface area contributed by atoms with E-state index in [4.69, 9.17) is 45.3 Å². The molecule has 0 saturated heterocycles. The average molecular weight is 401 g/mol. The molecule has 1 unspecified atom stereocenters. The van der Waals surface area contributed by atoms with Gasteiger partial charge in [0.1, 0.15) is 6.61 Å². The van der Waals surface area contributed by atoms with Crippen LogP contribution in [-0.4, -0.2) is 45.0 Å². The van der Waals surface area contributed by atoms with Crippen molar-refractivity contribution in [3.8, 4) is 0 Å². The van der Waals surface area contributed by atoms with Gasteiger partial charge in [-0.2, -0.15) is 0 Å². The fourth-order valence-corrected chi connectivity index (χ4v) is 3.86. The van der Waals surface area contributed by atoms with E-state index in [1.165, 1.54) is 10.9 Å². The Kier molecular flexibility index (Phi) is 4.15. The van der Waals surface area contributed by atoms with Crippen LogP contribution in [-0.2, 0) is 11.2 Å². The smallest absolute Gasteiger partial charge is 0.410 e. The molecule has 0 saturated carbocycles. The molecule has 5 nitrogen and oxygen atoms in total. The van der Waals surface area contributed by atoms with Crippen LogP contribution in [0.4, 0.5) is 4.79 Å². The number of fused-ring (bicyclic) bond motifs is 2. The van der Waals surface area contributed by atoms with Crippen molar-refractivity contribution in [1.82, 2.24) is 9.88 Å². The van der Waals surface area contributed by atoms with Gasteiger partial charge in [-0.15, -0.1) is 0 Å². The Morgan fingerprint density at radius 3 is 2.96 bits per heavy atom. The molecule has 0 radical (unpaired) electrons. The summed E-state index contributed by atoms with van der Waals surface area (Å²) in [5.74, 6) is 0. The molecule has 3 N–H and O–H groups in total. The first-order valence-corrected chi connectivity index (χ1v) is 9.03. The fourth-order valence-electron chi connectivity index (χ4n) is 3.70. The molecule has 2 atom stereocenters. The lowest BCUT2D eigenvalue weighted by Crippen LogP contribution is -2.52. The van der Waals surface area contributed by atoms with Crippen LogP contribution in [0.1, 0.15) is 11.1 Å². The first kappa shape index (κ1) is 17.0. The molecule has 0 bridgehead atoms. The van der Waals surface area contributed by atoms with E-state index in [9.17, 15) is 4.79 Å². The fraction of sp³-hybridized carbons (Fsp3) is 0.353. The minimum absolute atomic E-state index is 0.142. The Balaban J connectivity index is 1.69. The highest BCUT2D eigenvalue weighted by Gasteiger charge is 2.38. The largest absolute Gasteiger partial charge is 0.445 e. The number of alkyl halides is 3. The van der Waals surface area contributed by atoms with Gasteiger partial charge in [0, 0.05) is 29.7 Å². The number of carbonyl (C=O) groups excluding carboxylic acids is 1. The van der Waals surface area contributed by atoms with E-state index in [0.29, 0.717) is 13.0 Å². The van der Waals surface area contributed by atoms with Gasteiger partial charge < -0.3 is 15.5 Å². The SMILES string of the molecule is NC1C=C2c3cccc4[nH]cc(c34)C[C@H]2N(C(=O)OCC(Cl)(Cl)Cl)C1. The quantitative estimate of drug-likeness (QED) is 0.718. The summed E-state index contributed by atoms with van der Waals surface area (Å²) in [6.45, 7) is 0.0571. The summed E-state index contributed by atoms with van der Waals surface area (Å²) >= 11 is 17.1. The lowest BCUT2D eigenvalue weighted by Gasteiger charge is -2.40. The first-order valence-electron chi connectivity index (χ1n) is 7.90. The Bertz CT molecular complexity index is 872. The second-order valence-electron chi connectivity index (χ2n) is 6.37. The number of H-pyrrole nitrogens is 1. The normalized spacial score (nSPS) is 22.6. The van der Waals surface area contributed by atoms with Gasteiger partial charge in [0.2, 0.25) is 3.79 Å². The van der Waals surface area contributed by atoms with Crippen LogP contribution in [0.15, 0.2) is 30.5 Å². The number of hydrogen-bond donors (Lipinski definition) is 2. The van der Waals surface area contributed by atoms with Gasteiger partial charge >= 0.3 is 6.09 Å². The number of rotatable bonds is 1. The molecule has 132 valence electrons. The number of hydrogen-bond acceptors (Lipinski definition) is 3. The third-order valence-corrected chi connectivity index (χ3v) is 4.97. The van der Waals surface area contributed by atoms with Gasteiger partial charge in [0.25, 0.3) is 0 Å². The zero-order valence-corrected chi connectivity index (χ0v) is 15.4. The van der Waals surface area contributed by atoms with Crippen LogP contribution in [0.5, 0.6) is 0 Å². The van der Waals surface area contributed by atoms with Crippen LogP contribution >= 0.6 is 34.8 Å². The number of nitrogens with zero attached hydrogens (tertiary/aromatic N) is 1. The van der Waals surface area contributed by atoms with Crippen LogP contribution in [0.3, 0.4) is 0 Å². The maximum atomic E-state index is 12.6. The van der Waals surface area contributed by atoms with Gasteiger partial charge in [0.05, 0.1) is 6.04 Å². The van der Waals surface area contributed by atoms with Gasteiger partial charge in [-0.05, 0) is 29.2 Å². The van der Waals surface area contributed by atoms with Crippen molar-refractivity contribution in [2.24, 2.45) is 5.73 Å². The predicted molar refractivity (Wildman–Crippen MR) is 100 cm³/mol. The number of carbonyl (C=O) groups is 1. The third-order valence-electron chi connectivity index (χ3n) is 4.64. The van der Waals surface area contributed by atoms with Crippen molar-refractivity contribution in [1.29, 1.82) is 0 Å². The number of aromatic nitrogens is 1. The van der Waals surface area contributed by atoms with Gasteiger partial charge in [-0.25, -0.2) is 4.79 Å². The summed E-state index contributed by atoms with van der Waals surface area (Å²) in [4.78, 5) is 17.5. The number of aromatic amines is 1. The molecule has 1 aromatic heterocycles. The van der Waals surface area contributed by atoms with Crippen LogP contribution in [0, 0.1) is 0 Å². The molecule has 25 heavy (non-hydrogen) atoms. The lowest BCUT2D eigenvalue weighted by molar-refractivity contribution is 0.0929. The van der Waals surface area contributed by atoms with Crippen LogP contribution in [0.25, 0.3) is 16.5 Å². The second-order valence-corrected chi connectivity index (χ2v) is 8.89. The Morgan fingerprint density at radius 1 is 1.40 bits per heavy atom. The van der Waals surface area contributed by atoms with E-state index in [-0.39, 0.29) is 18.7 Å². The maximum absolute atomic E-state index is 12.6. The lowest BCUT2D eigenvalue weighted by atomic mass is 9.81. The summed E-state index contributed by atoms with van der Waals surface area (Å²) in [5, 5.41) is 1.19. The number of halogens is 3. The topological polar surface area (TPSA) is 71.4 Å². The number of nitrogens with two attached hydrogens (primary N) is 1. The number of amides is 1. The molecular formula is C17H16Cl3N3O2. The molecule has 2 aromatic rings. The molecule has 8 heteroatoms. The number of nitrogens with one attached hydrogen (secondary N) is 1. The van der Waals surface area contributed by atoms with Crippen molar-refractivity contribution in [2.45, 2.75) is 22.3 Å². The van der Waals surface area contributed by atoms with Gasteiger partial charge in [-0.1, -0.05) is 53.0 Å². The van der Waals surface area contributed by atoms with E-state index in [0.717, 1.165) is 16.7 Å². The number of benzene rings is 1. The molecule has 4 rings (SSSR count). The summed E-state index contributed by atoms with van der Waals surface area (Å²) in [5.41, 5.74) is 10.6. The Morgan fingerprint density at radius 2 is 2.20 bits per heavy atom. The first-order chi connectivity index (χ1) is 11.8. The summed E-state index contributed by atoms with van der Waals surface area (Å²) in [7, 11) is 0. The molecule has 1 aromatic carbocycles. The van der Waals surface area contributed by atoms with Gasteiger partial charge in [0.15, 0.2) is 0 Å². The van der Waals surface area contributed by atoms with E-state index >= 15 is 0 Å². The highest BCUT2D eigenvalue weighted by molar-refractivity contribution is 6.67. The highest BCUT2D eigenvalue weighted by atomic mass is 35.6. The summed E-state index contributed by atoms with van der Waals surface area (Å²) in [6.07, 6.45) is 4.19. The zero-order chi connectivity index (χ0) is 17.8. The standard InChI is InChI=1S/C17H16Cl3N3O2/c18-17(19,20)8-25-16(24)23-7-10(21)5-12-11-2-1-3-13-15(11)9(6-22-13)4-14(12)23/h1-3,5-6,10,14,22H,4,7-8,21H2/t10?,14-/m1/s1. The van der Waals surface area contributed by atoms with Crippen LogP contribution < -0.4 is 5.73 Å². The highest BCUT2D eigenvalue weighted by Crippen LogP contribution is 2.40. The Hall–Kier alpha value is -1.40. The molecule has 1 aliphatic carbocycles. The molecule has 2 heterocycles. The zero-order valence-electron chi connectivity index (χ0n) is 13.1. The maximum Gasteiger partial charge on any atom is 0.410 e. The monoisotopic (exact) mass is 399 g/mol. The van der Waals surface area contributed by atoms with E-state index in [2.05, 4.69) is 11.1 Å². The Labute approximate surface area is 159 Å². The minimum Gasteiger partial charge on any atom is -0.445 e. The van der Waals surface area contributed by atoms with Crippen molar-refractivity contribution in [3.63, 3.8) is 0 Å². The van der Waals surface area contributed by atoms with Gasteiger partial charge in [-0.3, -0.25) is 4.90 Å². The average Bonchev–Trinajstić information content (AvgIpc) is 2.97. The van der Waals surface area contributed by atoms with Crippen molar-refractivity contribution >= 4 is 57.4 Å². The molecule has 1 amide bonds. The molecule has 0 spiro atoms. The third kappa shape index (κ3) is 3.10. The molecule has 2 aliphatic rings. The van der Waals surface area contributed by atoms with E-state index in [1.54, 1.807) is 4.90 Å². The van der Waals surface area contributed by atoms with Crippen molar-refractivity contribution < 1.29 is 9.53 Å². The molecule has 1 aliphatic heterocycles. The second kappa shape index (κ2) is 6.09. The summed E-state index contributed by atoms with van der Waals surface area (Å²) in [6, 6.07) is 5.67. The van der Waals surface area contributed by atoms with E-state index < -0.39 is 9.89 Å². The van der Waals surface area contributed by atoms with Crippen LogP contribution in [0.2, 0.25) is 0 Å². The van der Waals surface area contributed by atoms with Crippen molar-refractivity contribution in [2.75, 3.05) is 13.2 Å². The molecular weight excluding hydrogens is 385 g/mol. The number of ether oxygens (including phenoxy) is 1. The predicted octanol–water partition coefficient (Wildman–Crippen LogP) is 3.63. The summed E-state index contributed by atoms with van der Waals surface area (Å²) < 4.78 is 3.55. The van der Waals surface area contributed by atoms with Crippen molar-refractivity contribution in [3.05, 3.63) is 41.6 Å².